The molecular weight excluding hydrogens is 358 g/mol. The van der Waals surface area contributed by atoms with Gasteiger partial charge in [-0.25, -0.2) is 4.79 Å². The number of carbonyl (C=O) groups is 2. The molecule has 0 unspecified atom stereocenters. The van der Waals surface area contributed by atoms with E-state index in [9.17, 15) is 9.59 Å². The topological polar surface area (TPSA) is 46.6 Å². The van der Waals surface area contributed by atoms with Gasteiger partial charge in [0.2, 0.25) is 5.91 Å². The van der Waals surface area contributed by atoms with Crippen molar-refractivity contribution in [2.45, 2.75) is 49.9 Å². The quantitative estimate of drug-likeness (QED) is 0.423. The molecule has 138 valence electrons. The van der Waals surface area contributed by atoms with Gasteiger partial charge in [0.15, 0.2) is 0 Å². The first-order chi connectivity index (χ1) is 11.8. The second-order valence-electron chi connectivity index (χ2n) is 7.45. The predicted molar refractivity (Wildman–Crippen MR) is 102 cm³/mol. The van der Waals surface area contributed by atoms with E-state index in [0.29, 0.717) is 25.3 Å². The molecule has 4 nitrogen and oxygen atoms in total. The van der Waals surface area contributed by atoms with Crippen molar-refractivity contribution in [3.8, 4) is 0 Å². The van der Waals surface area contributed by atoms with Crippen molar-refractivity contribution in [1.82, 2.24) is 4.90 Å². The van der Waals surface area contributed by atoms with Crippen molar-refractivity contribution in [3.63, 3.8) is 0 Å². The summed E-state index contributed by atoms with van der Waals surface area (Å²) in [6, 6.07) is 9.33. The van der Waals surface area contributed by atoms with Gasteiger partial charge in [-0.15, -0.1) is 23.4 Å². The molecule has 1 fully saturated rings. The van der Waals surface area contributed by atoms with Crippen molar-refractivity contribution in [2.24, 2.45) is 5.41 Å². The van der Waals surface area contributed by atoms with Crippen LogP contribution in [0.4, 0.5) is 0 Å². The van der Waals surface area contributed by atoms with Crippen LogP contribution >= 0.6 is 23.4 Å². The minimum absolute atomic E-state index is 0.0928. The zero-order valence-electron chi connectivity index (χ0n) is 15.0. The second kappa shape index (κ2) is 8.95. The molecule has 0 aliphatic carbocycles. The normalized spacial score (nSPS) is 18.9. The Morgan fingerprint density at radius 2 is 2.00 bits per heavy atom. The maximum absolute atomic E-state index is 12.7. The highest BCUT2D eigenvalue weighted by Crippen LogP contribution is 2.25. The summed E-state index contributed by atoms with van der Waals surface area (Å²) < 4.78 is 5.40. The van der Waals surface area contributed by atoms with Crippen LogP contribution in [0.3, 0.4) is 0 Å². The lowest BCUT2D eigenvalue weighted by molar-refractivity contribution is -0.155. The molecule has 2 rings (SSSR count). The molecule has 1 saturated heterocycles. The maximum atomic E-state index is 12.7. The summed E-state index contributed by atoms with van der Waals surface area (Å²) in [6.07, 6.45) is 1.45. The number of benzene rings is 1. The third-order valence-corrected chi connectivity index (χ3v) is 5.49. The lowest BCUT2D eigenvalue weighted by Gasteiger charge is -2.26. The van der Waals surface area contributed by atoms with Crippen molar-refractivity contribution in [1.29, 1.82) is 0 Å². The summed E-state index contributed by atoms with van der Waals surface area (Å²) in [5, 5.41) is -0.652. The van der Waals surface area contributed by atoms with E-state index in [1.807, 2.05) is 51.1 Å². The number of ether oxygens (including phenoxy) is 1. The number of hydrogen-bond donors (Lipinski definition) is 0. The molecule has 0 bridgehead atoms. The van der Waals surface area contributed by atoms with Gasteiger partial charge in [0.05, 0.1) is 6.61 Å². The first-order valence-electron chi connectivity index (χ1n) is 8.57. The molecule has 1 aromatic rings. The summed E-state index contributed by atoms with van der Waals surface area (Å²) in [5.74, 6) is -0.0225. The Morgan fingerprint density at radius 1 is 1.32 bits per heavy atom. The molecule has 0 radical (unpaired) electrons. The van der Waals surface area contributed by atoms with Gasteiger partial charge in [0.1, 0.15) is 11.4 Å². The number of rotatable bonds is 6. The number of halogens is 1. The molecule has 0 spiro atoms. The molecule has 0 aromatic heterocycles. The molecule has 6 heteroatoms. The van der Waals surface area contributed by atoms with Gasteiger partial charge in [0, 0.05) is 17.2 Å². The van der Waals surface area contributed by atoms with Crippen LogP contribution in [0.25, 0.3) is 0 Å². The fourth-order valence-corrected chi connectivity index (χ4v) is 3.74. The molecule has 1 heterocycles. The Morgan fingerprint density at radius 3 is 2.64 bits per heavy atom. The van der Waals surface area contributed by atoms with E-state index < -0.39 is 11.4 Å². The van der Waals surface area contributed by atoms with Crippen molar-refractivity contribution >= 4 is 35.2 Å². The van der Waals surface area contributed by atoms with Crippen LogP contribution in [0.1, 0.15) is 33.6 Å². The van der Waals surface area contributed by atoms with Crippen LogP contribution in [-0.4, -0.2) is 47.1 Å². The van der Waals surface area contributed by atoms with Crippen molar-refractivity contribution < 1.29 is 14.3 Å². The lowest BCUT2D eigenvalue weighted by Crippen LogP contribution is -2.45. The Kier molecular flexibility index (Phi) is 7.20. The maximum Gasteiger partial charge on any atom is 0.328 e. The summed E-state index contributed by atoms with van der Waals surface area (Å²) in [7, 11) is 0. The average Bonchev–Trinajstić information content (AvgIpc) is 3.06. The summed E-state index contributed by atoms with van der Waals surface area (Å²) in [5.41, 5.74) is -0.0928. The van der Waals surface area contributed by atoms with Gasteiger partial charge in [0.25, 0.3) is 0 Å². The lowest BCUT2D eigenvalue weighted by atomic mass is 9.99. The third-order valence-electron chi connectivity index (χ3n) is 3.86. The molecular formula is C19H26ClNO3S. The molecule has 1 amide bonds. The molecule has 1 aliphatic rings. The van der Waals surface area contributed by atoms with Gasteiger partial charge in [-0.3, -0.25) is 4.79 Å². The van der Waals surface area contributed by atoms with Crippen molar-refractivity contribution in [2.75, 3.05) is 18.9 Å². The van der Waals surface area contributed by atoms with E-state index in [0.717, 1.165) is 11.3 Å². The van der Waals surface area contributed by atoms with Crippen LogP contribution in [0.15, 0.2) is 35.2 Å². The largest absolute Gasteiger partial charge is 0.464 e. The number of thioether (sulfide) groups is 1. The minimum atomic E-state index is -0.652. The first kappa shape index (κ1) is 20.1. The molecule has 1 aromatic carbocycles. The fraction of sp³-hybridized carbons (Fsp3) is 0.579. The minimum Gasteiger partial charge on any atom is -0.464 e. The summed E-state index contributed by atoms with van der Waals surface area (Å²) >= 11 is 7.86. The standard InChI is InChI=1S/C19H26ClNO3S/c1-19(2,3)13-24-18(23)16-10-7-11-21(16)17(22)15(20)12-25-14-8-5-4-6-9-14/h4-6,8-9,15-16H,7,10-13H2,1-3H3/t15-,16+/m1/s1. The SMILES string of the molecule is CC(C)(C)COC(=O)[C@@H]1CCCN1C(=O)[C@H](Cl)CSc1ccccc1. The van der Waals surface area contributed by atoms with E-state index in [-0.39, 0.29) is 17.3 Å². The molecule has 25 heavy (non-hydrogen) atoms. The predicted octanol–water partition coefficient (Wildman–Crippen LogP) is 3.97. The molecule has 0 saturated carbocycles. The van der Waals surface area contributed by atoms with Gasteiger partial charge in [-0.1, -0.05) is 39.0 Å². The smallest absolute Gasteiger partial charge is 0.328 e. The number of amides is 1. The van der Waals surface area contributed by atoms with E-state index >= 15 is 0 Å². The van der Waals surface area contributed by atoms with E-state index in [2.05, 4.69) is 0 Å². The van der Waals surface area contributed by atoms with Gasteiger partial charge in [-0.05, 0) is 30.4 Å². The first-order valence-corrected chi connectivity index (χ1v) is 9.99. The van der Waals surface area contributed by atoms with Crippen LogP contribution in [0.5, 0.6) is 0 Å². The molecule has 0 N–H and O–H groups in total. The van der Waals surface area contributed by atoms with E-state index in [4.69, 9.17) is 16.3 Å². The van der Waals surface area contributed by atoms with Gasteiger partial charge in [-0.2, -0.15) is 0 Å². The Hall–Kier alpha value is -1.20. The average molecular weight is 384 g/mol. The number of nitrogens with zero attached hydrogens (tertiary/aromatic N) is 1. The Balaban J connectivity index is 1.89. The third kappa shape index (κ3) is 6.23. The molecule has 2 atom stereocenters. The number of hydrogen-bond acceptors (Lipinski definition) is 4. The summed E-state index contributed by atoms with van der Waals surface area (Å²) in [6.45, 7) is 6.93. The fourth-order valence-electron chi connectivity index (χ4n) is 2.60. The van der Waals surface area contributed by atoms with E-state index in [1.54, 1.807) is 16.7 Å². The van der Waals surface area contributed by atoms with Gasteiger partial charge < -0.3 is 9.64 Å². The number of carbonyl (C=O) groups excluding carboxylic acids is 2. The van der Waals surface area contributed by atoms with Gasteiger partial charge >= 0.3 is 5.97 Å². The van der Waals surface area contributed by atoms with Crippen LogP contribution in [-0.2, 0) is 14.3 Å². The molecule has 1 aliphatic heterocycles. The van der Waals surface area contributed by atoms with Crippen LogP contribution in [0, 0.1) is 5.41 Å². The number of esters is 1. The van der Waals surface area contributed by atoms with Crippen LogP contribution in [0.2, 0.25) is 0 Å². The highest BCUT2D eigenvalue weighted by atomic mass is 35.5. The monoisotopic (exact) mass is 383 g/mol. The highest BCUT2D eigenvalue weighted by Gasteiger charge is 2.37. The summed E-state index contributed by atoms with van der Waals surface area (Å²) in [4.78, 5) is 27.7. The van der Waals surface area contributed by atoms with Crippen LogP contribution < -0.4 is 0 Å². The number of likely N-dealkylation sites (tertiary alicyclic amines) is 1. The second-order valence-corrected chi connectivity index (χ2v) is 9.07. The zero-order chi connectivity index (χ0) is 18.4. The Bertz CT molecular complexity index is 588. The number of alkyl halides is 1. The van der Waals surface area contributed by atoms with Crippen molar-refractivity contribution in [3.05, 3.63) is 30.3 Å². The van der Waals surface area contributed by atoms with E-state index in [1.165, 1.54) is 0 Å². The Labute approximate surface area is 159 Å². The zero-order valence-corrected chi connectivity index (χ0v) is 16.6. The highest BCUT2D eigenvalue weighted by molar-refractivity contribution is 7.99.